The van der Waals surface area contributed by atoms with Crippen LogP contribution in [0, 0.1) is 5.92 Å². The first kappa shape index (κ1) is 20.8. The lowest BCUT2D eigenvalue weighted by atomic mass is 9.97. The Labute approximate surface area is 183 Å². The van der Waals surface area contributed by atoms with E-state index in [9.17, 15) is 4.79 Å². The molecule has 3 aromatic rings. The van der Waals surface area contributed by atoms with Gasteiger partial charge in [0.2, 0.25) is 5.91 Å². The van der Waals surface area contributed by atoms with Crippen molar-refractivity contribution in [3.63, 3.8) is 0 Å². The first-order valence-electron chi connectivity index (χ1n) is 10.9. The van der Waals surface area contributed by atoms with Crippen LogP contribution in [-0.4, -0.2) is 35.8 Å². The number of hydrogen-bond acceptors (Lipinski definition) is 5. The third-order valence-corrected chi connectivity index (χ3v) is 5.54. The Morgan fingerprint density at radius 3 is 2.58 bits per heavy atom. The summed E-state index contributed by atoms with van der Waals surface area (Å²) in [7, 11) is 0. The van der Waals surface area contributed by atoms with Gasteiger partial charge in [0, 0.05) is 25.2 Å². The number of ether oxygens (including phenoxy) is 1. The molecule has 1 saturated heterocycles. The van der Waals surface area contributed by atoms with Crippen LogP contribution in [0.25, 0.3) is 11.3 Å². The van der Waals surface area contributed by atoms with Gasteiger partial charge in [-0.2, -0.15) is 0 Å². The number of piperidine rings is 1. The molecular formula is C25H28N4O2. The van der Waals surface area contributed by atoms with Crippen molar-refractivity contribution in [1.82, 2.24) is 15.5 Å². The van der Waals surface area contributed by atoms with Gasteiger partial charge in [0.15, 0.2) is 5.82 Å². The summed E-state index contributed by atoms with van der Waals surface area (Å²) in [6.07, 6.45) is 1.85. The molecule has 0 saturated carbocycles. The van der Waals surface area contributed by atoms with Gasteiger partial charge in [0.1, 0.15) is 5.75 Å². The summed E-state index contributed by atoms with van der Waals surface area (Å²) < 4.78 is 5.46. The second kappa shape index (κ2) is 10.1. The molecular weight excluding hydrogens is 388 g/mol. The van der Waals surface area contributed by atoms with Gasteiger partial charge in [-0.05, 0) is 49.6 Å². The highest BCUT2D eigenvalue weighted by molar-refractivity contribution is 5.79. The molecule has 0 aliphatic carbocycles. The van der Waals surface area contributed by atoms with E-state index in [-0.39, 0.29) is 11.8 Å². The molecule has 0 radical (unpaired) electrons. The average Bonchev–Trinajstić information content (AvgIpc) is 2.84. The molecule has 0 spiro atoms. The molecule has 31 heavy (non-hydrogen) atoms. The number of benzene rings is 2. The highest BCUT2D eigenvalue weighted by Crippen LogP contribution is 2.23. The Morgan fingerprint density at radius 1 is 1.06 bits per heavy atom. The van der Waals surface area contributed by atoms with E-state index in [1.54, 1.807) is 0 Å². The maximum absolute atomic E-state index is 12.8. The first-order chi connectivity index (χ1) is 15.2. The van der Waals surface area contributed by atoms with Crippen LogP contribution in [0.4, 0.5) is 5.82 Å². The molecule has 1 aromatic heterocycles. The van der Waals surface area contributed by atoms with Gasteiger partial charge in [-0.3, -0.25) is 4.79 Å². The Kier molecular flexibility index (Phi) is 6.77. The standard InChI is InChI=1S/C25H28N4O2/c1-2-31-22-12-10-19(11-13-22)17-26-25(30)21-9-6-16-29(18-21)24-15-14-23(27-28-24)20-7-4-3-5-8-20/h3-5,7-8,10-15,21H,2,6,9,16-18H2,1H3,(H,26,30)/t21-/m0/s1. The van der Waals surface area contributed by atoms with E-state index in [0.717, 1.165) is 47.8 Å². The quantitative estimate of drug-likeness (QED) is 0.629. The van der Waals surface area contributed by atoms with Crippen LogP contribution in [0.2, 0.25) is 0 Å². The van der Waals surface area contributed by atoms with Gasteiger partial charge in [-0.1, -0.05) is 42.5 Å². The Bertz CT molecular complexity index is 975. The summed E-state index contributed by atoms with van der Waals surface area (Å²) in [6.45, 7) is 4.68. The van der Waals surface area contributed by atoms with E-state index >= 15 is 0 Å². The highest BCUT2D eigenvalue weighted by atomic mass is 16.5. The van der Waals surface area contributed by atoms with Crippen LogP contribution < -0.4 is 15.0 Å². The summed E-state index contributed by atoms with van der Waals surface area (Å²) in [5.41, 5.74) is 2.96. The van der Waals surface area contributed by atoms with Crippen molar-refractivity contribution in [1.29, 1.82) is 0 Å². The van der Waals surface area contributed by atoms with Crippen LogP contribution in [0.3, 0.4) is 0 Å². The number of amides is 1. The van der Waals surface area contributed by atoms with Gasteiger partial charge < -0.3 is 15.0 Å². The summed E-state index contributed by atoms with van der Waals surface area (Å²) in [6, 6.07) is 21.9. The molecule has 2 aromatic carbocycles. The fraction of sp³-hybridized carbons (Fsp3) is 0.320. The molecule has 6 nitrogen and oxygen atoms in total. The molecule has 6 heteroatoms. The molecule has 2 heterocycles. The minimum atomic E-state index is -0.0490. The fourth-order valence-electron chi connectivity index (χ4n) is 3.86. The molecule has 4 rings (SSSR count). The van der Waals surface area contributed by atoms with E-state index in [4.69, 9.17) is 4.74 Å². The third kappa shape index (κ3) is 5.40. The molecule has 160 valence electrons. The second-order valence-electron chi connectivity index (χ2n) is 7.72. The first-order valence-corrected chi connectivity index (χ1v) is 10.9. The van der Waals surface area contributed by atoms with Crippen LogP contribution >= 0.6 is 0 Å². The van der Waals surface area contributed by atoms with Crippen molar-refractivity contribution < 1.29 is 9.53 Å². The van der Waals surface area contributed by atoms with Gasteiger partial charge in [-0.25, -0.2) is 0 Å². The van der Waals surface area contributed by atoms with Crippen LogP contribution in [0.15, 0.2) is 66.7 Å². The van der Waals surface area contributed by atoms with E-state index in [1.807, 2.05) is 73.7 Å². The third-order valence-electron chi connectivity index (χ3n) is 5.54. The molecule has 1 N–H and O–H groups in total. The molecule has 1 aliphatic heterocycles. The lowest BCUT2D eigenvalue weighted by Gasteiger charge is -2.32. The maximum Gasteiger partial charge on any atom is 0.225 e. The zero-order chi connectivity index (χ0) is 21.5. The van der Waals surface area contributed by atoms with Crippen LogP contribution in [0.5, 0.6) is 5.75 Å². The monoisotopic (exact) mass is 416 g/mol. The lowest BCUT2D eigenvalue weighted by Crippen LogP contribution is -2.43. The fourth-order valence-corrected chi connectivity index (χ4v) is 3.86. The second-order valence-corrected chi connectivity index (χ2v) is 7.72. The Hall–Kier alpha value is -3.41. The van der Waals surface area contributed by atoms with Crippen molar-refractivity contribution in [2.45, 2.75) is 26.3 Å². The number of anilines is 1. The largest absolute Gasteiger partial charge is 0.494 e. The number of nitrogens with one attached hydrogen (secondary N) is 1. The lowest BCUT2D eigenvalue weighted by molar-refractivity contribution is -0.125. The predicted octanol–water partition coefficient (Wildman–Crippen LogP) is 4.08. The topological polar surface area (TPSA) is 67.3 Å². The number of nitrogens with zero attached hydrogens (tertiary/aromatic N) is 3. The average molecular weight is 417 g/mol. The summed E-state index contributed by atoms with van der Waals surface area (Å²) in [4.78, 5) is 14.9. The number of aromatic nitrogens is 2. The SMILES string of the molecule is CCOc1ccc(CNC(=O)[C@H]2CCCN(c3ccc(-c4ccccc4)nn3)C2)cc1. The normalized spacial score (nSPS) is 16.0. The number of carbonyl (C=O) groups excluding carboxylic acids is 1. The van der Waals surface area contributed by atoms with Gasteiger partial charge in [0.05, 0.1) is 18.2 Å². The zero-order valence-electron chi connectivity index (χ0n) is 17.8. The van der Waals surface area contributed by atoms with E-state index < -0.39 is 0 Å². The summed E-state index contributed by atoms with van der Waals surface area (Å²) in [5, 5.41) is 11.9. The number of rotatable bonds is 7. The number of hydrogen-bond donors (Lipinski definition) is 1. The van der Waals surface area contributed by atoms with Crippen molar-refractivity contribution >= 4 is 11.7 Å². The Balaban J connectivity index is 1.33. The molecule has 1 amide bonds. The van der Waals surface area contributed by atoms with Gasteiger partial charge in [0.25, 0.3) is 0 Å². The molecule has 1 aliphatic rings. The maximum atomic E-state index is 12.8. The van der Waals surface area contributed by atoms with E-state index in [2.05, 4.69) is 20.4 Å². The minimum absolute atomic E-state index is 0.0490. The highest BCUT2D eigenvalue weighted by Gasteiger charge is 2.26. The van der Waals surface area contributed by atoms with Crippen molar-refractivity contribution in [3.8, 4) is 17.0 Å². The van der Waals surface area contributed by atoms with E-state index in [1.165, 1.54) is 0 Å². The van der Waals surface area contributed by atoms with Crippen molar-refractivity contribution in [2.24, 2.45) is 5.92 Å². The minimum Gasteiger partial charge on any atom is -0.494 e. The summed E-state index contributed by atoms with van der Waals surface area (Å²) in [5.74, 6) is 1.71. The summed E-state index contributed by atoms with van der Waals surface area (Å²) >= 11 is 0. The van der Waals surface area contributed by atoms with Gasteiger partial charge >= 0.3 is 0 Å². The smallest absolute Gasteiger partial charge is 0.225 e. The molecule has 0 bridgehead atoms. The number of carbonyl (C=O) groups is 1. The van der Waals surface area contributed by atoms with Crippen molar-refractivity contribution in [3.05, 3.63) is 72.3 Å². The predicted molar refractivity (Wildman–Crippen MR) is 122 cm³/mol. The van der Waals surface area contributed by atoms with Crippen LogP contribution in [0.1, 0.15) is 25.3 Å². The van der Waals surface area contributed by atoms with E-state index in [0.29, 0.717) is 19.7 Å². The van der Waals surface area contributed by atoms with Crippen molar-refractivity contribution in [2.75, 3.05) is 24.6 Å². The Morgan fingerprint density at radius 2 is 1.87 bits per heavy atom. The van der Waals surface area contributed by atoms with Crippen LogP contribution in [-0.2, 0) is 11.3 Å². The molecule has 1 fully saturated rings. The molecule has 1 atom stereocenters. The van der Waals surface area contributed by atoms with Gasteiger partial charge in [-0.15, -0.1) is 10.2 Å². The zero-order valence-corrected chi connectivity index (χ0v) is 17.8. The molecule has 0 unspecified atom stereocenters.